The van der Waals surface area contributed by atoms with Gasteiger partial charge in [-0.15, -0.1) is 0 Å². The van der Waals surface area contributed by atoms with Gasteiger partial charge in [-0.1, -0.05) is 13.0 Å². The van der Waals surface area contributed by atoms with Gasteiger partial charge in [0, 0.05) is 50.4 Å². The molecule has 1 aromatic carbocycles. The summed E-state index contributed by atoms with van der Waals surface area (Å²) in [6.07, 6.45) is 1.13. The molecule has 5 heteroatoms. The normalized spacial score (nSPS) is 20.4. The SMILES string of the molecule is CCC(C)N1CCN(C(CN)c2ccc(F)cc2F)CC1. The van der Waals surface area contributed by atoms with E-state index in [1.807, 2.05) is 0 Å². The highest BCUT2D eigenvalue weighted by molar-refractivity contribution is 5.23. The van der Waals surface area contributed by atoms with Crippen LogP contribution in [0.25, 0.3) is 0 Å². The van der Waals surface area contributed by atoms with Crippen LogP contribution in [-0.4, -0.2) is 48.6 Å². The quantitative estimate of drug-likeness (QED) is 0.906. The van der Waals surface area contributed by atoms with Gasteiger partial charge in [-0.2, -0.15) is 0 Å². The summed E-state index contributed by atoms with van der Waals surface area (Å²) >= 11 is 0. The van der Waals surface area contributed by atoms with E-state index in [-0.39, 0.29) is 6.04 Å². The van der Waals surface area contributed by atoms with Gasteiger partial charge in [0.15, 0.2) is 0 Å². The minimum Gasteiger partial charge on any atom is -0.329 e. The van der Waals surface area contributed by atoms with Gasteiger partial charge in [0.25, 0.3) is 0 Å². The molecule has 0 bridgehead atoms. The number of halogens is 2. The van der Waals surface area contributed by atoms with Crippen LogP contribution in [0.3, 0.4) is 0 Å². The van der Waals surface area contributed by atoms with Crippen LogP contribution >= 0.6 is 0 Å². The van der Waals surface area contributed by atoms with E-state index in [1.54, 1.807) is 0 Å². The van der Waals surface area contributed by atoms with Gasteiger partial charge in [0.1, 0.15) is 11.6 Å². The second kappa shape index (κ2) is 7.29. The Balaban J connectivity index is 2.06. The summed E-state index contributed by atoms with van der Waals surface area (Å²) in [4.78, 5) is 4.65. The lowest BCUT2D eigenvalue weighted by atomic mass is 10.0. The maximum Gasteiger partial charge on any atom is 0.130 e. The molecule has 118 valence electrons. The average molecular weight is 297 g/mol. The molecule has 0 aromatic heterocycles. The number of hydrogen-bond donors (Lipinski definition) is 1. The third-order valence-corrected chi connectivity index (χ3v) is 4.55. The fraction of sp³-hybridized carbons (Fsp3) is 0.625. The molecule has 2 rings (SSSR count). The van der Waals surface area contributed by atoms with E-state index in [0.29, 0.717) is 18.2 Å². The van der Waals surface area contributed by atoms with Crippen LogP contribution in [0, 0.1) is 11.6 Å². The van der Waals surface area contributed by atoms with Crippen LogP contribution in [-0.2, 0) is 0 Å². The number of benzene rings is 1. The average Bonchev–Trinajstić information content (AvgIpc) is 2.50. The lowest BCUT2D eigenvalue weighted by Gasteiger charge is -2.41. The molecule has 1 aliphatic rings. The lowest BCUT2D eigenvalue weighted by molar-refractivity contribution is 0.0732. The lowest BCUT2D eigenvalue weighted by Crippen LogP contribution is -2.51. The Hall–Kier alpha value is -1.04. The molecule has 0 amide bonds. The number of hydrogen-bond acceptors (Lipinski definition) is 3. The van der Waals surface area contributed by atoms with E-state index < -0.39 is 11.6 Å². The van der Waals surface area contributed by atoms with Gasteiger partial charge in [0.2, 0.25) is 0 Å². The van der Waals surface area contributed by atoms with E-state index in [9.17, 15) is 8.78 Å². The van der Waals surface area contributed by atoms with Crippen LogP contribution in [0.1, 0.15) is 31.9 Å². The zero-order valence-electron chi connectivity index (χ0n) is 12.9. The summed E-state index contributed by atoms with van der Waals surface area (Å²) in [7, 11) is 0. The molecule has 1 fully saturated rings. The highest BCUT2D eigenvalue weighted by Crippen LogP contribution is 2.25. The molecule has 1 heterocycles. The van der Waals surface area contributed by atoms with E-state index in [2.05, 4.69) is 23.6 Å². The summed E-state index contributed by atoms with van der Waals surface area (Å²) in [5.74, 6) is -1.05. The Labute approximate surface area is 125 Å². The molecule has 0 radical (unpaired) electrons. The Bertz CT molecular complexity index is 459. The predicted octanol–water partition coefficient (Wildman–Crippen LogP) is 2.38. The Morgan fingerprint density at radius 2 is 1.76 bits per heavy atom. The highest BCUT2D eigenvalue weighted by Gasteiger charge is 2.27. The third kappa shape index (κ3) is 3.78. The molecule has 21 heavy (non-hydrogen) atoms. The number of nitrogens with two attached hydrogens (primary N) is 1. The van der Waals surface area contributed by atoms with Crippen molar-refractivity contribution < 1.29 is 8.78 Å². The Kier molecular flexibility index (Phi) is 5.67. The number of nitrogens with zero attached hydrogens (tertiary/aromatic N) is 2. The van der Waals surface area contributed by atoms with Crippen molar-refractivity contribution in [2.24, 2.45) is 5.73 Å². The zero-order valence-corrected chi connectivity index (χ0v) is 12.9. The maximum atomic E-state index is 14.0. The first kappa shape index (κ1) is 16.3. The van der Waals surface area contributed by atoms with Gasteiger partial charge in [-0.3, -0.25) is 9.80 Å². The van der Waals surface area contributed by atoms with Crippen molar-refractivity contribution in [1.82, 2.24) is 9.80 Å². The van der Waals surface area contributed by atoms with Crippen LogP contribution in [0.15, 0.2) is 18.2 Å². The molecule has 0 saturated carbocycles. The minimum absolute atomic E-state index is 0.176. The molecule has 2 atom stereocenters. The molecule has 1 aromatic rings. The monoisotopic (exact) mass is 297 g/mol. The van der Waals surface area contributed by atoms with Gasteiger partial charge in [-0.25, -0.2) is 8.78 Å². The van der Waals surface area contributed by atoms with Crippen LogP contribution in [0.5, 0.6) is 0 Å². The first-order valence-electron chi connectivity index (χ1n) is 7.70. The van der Waals surface area contributed by atoms with E-state index in [0.717, 1.165) is 38.7 Å². The molecule has 0 aliphatic carbocycles. The van der Waals surface area contributed by atoms with Crippen molar-refractivity contribution in [3.63, 3.8) is 0 Å². The zero-order chi connectivity index (χ0) is 15.4. The van der Waals surface area contributed by atoms with Crippen LogP contribution in [0.4, 0.5) is 8.78 Å². The summed E-state index contributed by atoms with van der Waals surface area (Å²) in [5, 5.41) is 0. The molecular formula is C16H25F2N3. The summed E-state index contributed by atoms with van der Waals surface area (Å²) in [6, 6.07) is 4.16. The first-order valence-corrected chi connectivity index (χ1v) is 7.70. The van der Waals surface area contributed by atoms with Crippen molar-refractivity contribution in [3.05, 3.63) is 35.4 Å². The standard InChI is InChI=1S/C16H25F2N3/c1-3-12(2)20-6-8-21(9-7-20)16(11-19)14-5-4-13(17)10-15(14)18/h4-5,10,12,16H,3,6-9,11,19H2,1-2H3. The van der Waals surface area contributed by atoms with Crippen molar-refractivity contribution in [2.75, 3.05) is 32.7 Å². The Morgan fingerprint density at radius 3 is 2.29 bits per heavy atom. The fourth-order valence-corrected chi connectivity index (χ4v) is 2.99. The van der Waals surface area contributed by atoms with Crippen molar-refractivity contribution in [1.29, 1.82) is 0 Å². The molecule has 1 saturated heterocycles. The Morgan fingerprint density at radius 1 is 1.14 bits per heavy atom. The molecule has 1 aliphatic heterocycles. The second-order valence-electron chi connectivity index (χ2n) is 5.75. The topological polar surface area (TPSA) is 32.5 Å². The second-order valence-corrected chi connectivity index (χ2v) is 5.75. The number of rotatable bonds is 5. The summed E-state index contributed by atoms with van der Waals surface area (Å²) < 4.78 is 27.0. The molecule has 3 nitrogen and oxygen atoms in total. The smallest absolute Gasteiger partial charge is 0.130 e. The molecule has 2 unspecified atom stereocenters. The summed E-state index contributed by atoms with van der Waals surface area (Å²) in [6.45, 7) is 8.42. The predicted molar refractivity (Wildman–Crippen MR) is 81.1 cm³/mol. The van der Waals surface area contributed by atoms with E-state index >= 15 is 0 Å². The van der Waals surface area contributed by atoms with Crippen LogP contribution < -0.4 is 5.73 Å². The van der Waals surface area contributed by atoms with E-state index in [1.165, 1.54) is 12.1 Å². The largest absolute Gasteiger partial charge is 0.329 e. The number of piperazine rings is 1. The maximum absolute atomic E-state index is 14.0. The highest BCUT2D eigenvalue weighted by atomic mass is 19.1. The molecule has 0 spiro atoms. The third-order valence-electron chi connectivity index (χ3n) is 4.55. The van der Waals surface area contributed by atoms with E-state index in [4.69, 9.17) is 5.73 Å². The van der Waals surface area contributed by atoms with Crippen molar-refractivity contribution in [2.45, 2.75) is 32.4 Å². The molecule has 2 N–H and O–H groups in total. The van der Waals surface area contributed by atoms with Gasteiger partial charge < -0.3 is 5.73 Å². The molecular weight excluding hydrogens is 272 g/mol. The summed E-state index contributed by atoms with van der Waals surface area (Å²) in [5.41, 5.74) is 6.34. The van der Waals surface area contributed by atoms with Gasteiger partial charge in [0.05, 0.1) is 6.04 Å². The van der Waals surface area contributed by atoms with Gasteiger partial charge in [-0.05, 0) is 19.4 Å². The minimum atomic E-state index is -0.548. The van der Waals surface area contributed by atoms with Gasteiger partial charge >= 0.3 is 0 Å². The first-order chi connectivity index (χ1) is 10.1. The van der Waals surface area contributed by atoms with Crippen molar-refractivity contribution >= 4 is 0 Å². The van der Waals surface area contributed by atoms with Crippen LogP contribution in [0.2, 0.25) is 0 Å². The van der Waals surface area contributed by atoms with Crippen molar-refractivity contribution in [3.8, 4) is 0 Å². The fourth-order valence-electron chi connectivity index (χ4n) is 2.99.